The second kappa shape index (κ2) is 5.00. The van der Waals surface area contributed by atoms with Crippen molar-refractivity contribution < 1.29 is 14.3 Å². The fraction of sp³-hybridized carbons (Fsp3) is 0.231. The van der Waals surface area contributed by atoms with E-state index in [1.54, 1.807) is 18.3 Å². The van der Waals surface area contributed by atoms with Crippen LogP contribution in [0.15, 0.2) is 30.5 Å². The molecule has 5 heteroatoms. The van der Waals surface area contributed by atoms with Crippen molar-refractivity contribution >= 4 is 5.97 Å². The number of carbonyl (C=O) groups is 1. The van der Waals surface area contributed by atoms with Crippen molar-refractivity contribution in [2.75, 3.05) is 0 Å². The lowest BCUT2D eigenvalue weighted by molar-refractivity contribution is -0.136. The molecule has 1 heterocycles. The number of imidazole rings is 1. The summed E-state index contributed by atoms with van der Waals surface area (Å²) in [6.07, 6.45) is 2.16. The van der Waals surface area contributed by atoms with Gasteiger partial charge in [-0.25, -0.2) is 9.37 Å². The van der Waals surface area contributed by atoms with E-state index in [0.29, 0.717) is 12.2 Å². The number of nitrogens with zero attached hydrogens (tertiary/aromatic N) is 2. The maximum atomic E-state index is 12.8. The highest BCUT2D eigenvalue weighted by Gasteiger charge is 2.09. The van der Waals surface area contributed by atoms with Gasteiger partial charge in [-0.2, -0.15) is 0 Å². The first-order chi connectivity index (χ1) is 8.58. The lowest BCUT2D eigenvalue weighted by atomic mass is 10.2. The van der Waals surface area contributed by atoms with Gasteiger partial charge in [-0.15, -0.1) is 0 Å². The Kier molecular flexibility index (Phi) is 3.41. The first kappa shape index (κ1) is 12.3. The van der Waals surface area contributed by atoms with Crippen molar-refractivity contribution in [2.24, 2.45) is 7.05 Å². The van der Waals surface area contributed by atoms with Crippen molar-refractivity contribution in [1.29, 1.82) is 0 Å². The smallest absolute Gasteiger partial charge is 0.303 e. The molecule has 0 fully saturated rings. The van der Waals surface area contributed by atoms with E-state index in [9.17, 15) is 9.18 Å². The third-order valence-electron chi connectivity index (χ3n) is 2.78. The molecule has 94 valence electrons. The molecule has 4 nitrogen and oxygen atoms in total. The predicted molar refractivity (Wildman–Crippen MR) is 64.6 cm³/mol. The lowest BCUT2D eigenvalue weighted by Gasteiger charge is -2.05. The van der Waals surface area contributed by atoms with Crippen molar-refractivity contribution in [3.63, 3.8) is 0 Å². The fourth-order valence-electron chi connectivity index (χ4n) is 1.78. The Hall–Kier alpha value is -2.17. The first-order valence-electron chi connectivity index (χ1n) is 5.56. The van der Waals surface area contributed by atoms with Gasteiger partial charge in [0.25, 0.3) is 0 Å². The van der Waals surface area contributed by atoms with Crippen LogP contribution in [0.1, 0.15) is 12.1 Å². The molecule has 0 unspecified atom stereocenters. The molecule has 18 heavy (non-hydrogen) atoms. The molecule has 0 atom stereocenters. The van der Waals surface area contributed by atoms with Crippen LogP contribution < -0.4 is 0 Å². The van der Waals surface area contributed by atoms with Gasteiger partial charge in [0.2, 0.25) is 0 Å². The number of aryl methyl sites for hydroxylation is 1. The standard InChI is InChI=1S/C13H13FN2O2/c1-16-11(6-7-12(17)18)8-15-13(16)9-2-4-10(14)5-3-9/h2-5,8H,6-7H2,1H3,(H,17,18). The molecule has 0 saturated carbocycles. The lowest BCUT2D eigenvalue weighted by Crippen LogP contribution is -2.03. The Balaban J connectivity index is 2.25. The SMILES string of the molecule is Cn1c(CCC(=O)O)cnc1-c1ccc(F)cc1. The zero-order valence-electron chi connectivity index (χ0n) is 9.93. The van der Waals surface area contributed by atoms with Crippen molar-refractivity contribution in [1.82, 2.24) is 9.55 Å². The molecule has 0 aliphatic rings. The average Bonchev–Trinajstić information content (AvgIpc) is 2.69. The van der Waals surface area contributed by atoms with Gasteiger partial charge in [-0.3, -0.25) is 4.79 Å². The van der Waals surface area contributed by atoms with Crippen molar-refractivity contribution in [2.45, 2.75) is 12.8 Å². The Bertz CT molecular complexity index is 561. The minimum absolute atomic E-state index is 0.0718. The number of halogens is 1. The first-order valence-corrected chi connectivity index (χ1v) is 5.56. The van der Waals surface area contributed by atoms with Crippen LogP contribution in [0.3, 0.4) is 0 Å². The van der Waals surface area contributed by atoms with Crippen LogP contribution in [-0.2, 0) is 18.3 Å². The molecule has 2 aromatic rings. The number of hydrogen-bond donors (Lipinski definition) is 1. The molecule has 0 amide bonds. The minimum atomic E-state index is -0.834. The Labute approximate surface area is 104 Å². The van der Waals surface area contributed by atoms with Crippen LogP contribution in [0.5, 0.6) is 0 Å². The van der Waals surface area contributed by atoms with Crippen molar-refractivity contribution in [3.8, 4) is 11.4 Å². The van der Waals surface area contributed by atoms with E-state index in [1.807, 2.05) is 11.6 Å². The van der Waals surface area contributed by atoms with E-state index >= 15 is 0 Å². The molecule has 2 rings (SSSR count). The molecule has 0 aliphatic heterocycles. The van der Waals surface area contributed by atoms with E-state index in [4.69, 9.17) is 5.11 Å². The summed E-state index contributed by atoms with van der Waals surface area (Å²) in [6.45, 7) is 0. The van der Waals surface area contributed by atoms with Gasteiger partial charge in [0.1, 0.15) is 11.6 Å². The van der Waals surface area contributed by atoms with Crippen LogP contribution in [0.2, 0.25) is 0 Å². The molecule has 0 radical (unpaired) electrons. The van der Waals surface area contributed by atoms with Gasteiger partial charge in [0.15, 0.2) is 0 Å². The van der Waals surface area contributed by atoms with E-state index in [0.717, 1.165) is 11.3 Å². The minimum Gasteiger partial charge on any atom is -0.481 e. The molecule has 1 N–H and O–H groups in total. The van der Waals surface area contributed by atoms with Gasteiger partial charge in [-0.1, -0.05) is 0 Å². The molecule has 0 spiro atoms. The van der Waals surface area contributed by atoms with E-state index < -0.39 is 5.97 Å². The number of hydrogen-bond acceptors (Lipinski definition) is 2. The molecule has 1 aromatic heterocycles. The zero-order chi connectivity index (χ0) is 13.1. The highest BCUT2D eigenvalue weighted by Crippen LogP contribution is 2.19. The summed E-state index contributed by atoms with van der Waals surface area (Å²) < 4.78 is 14.7. The van der Waals surface area contributed by atoms with Gasteiger partial charge in [-0.05, 0) is 30.7 Å². The summed E-state index contributed by atoms with van der Waals surface area (Å²) in [4.78, 5) is 14.8. The second-order valence-corrected chi connectivity index (χ2v) is 4.03. The highest BCUT2D eigenvalue weighted by molar-refractivity contribution is 5.67. The van der Waals surface area contributed by atoms with Crippen LogP contribution in [0.4, 0.5) is 4.39 Å². The maximum absolute atomic E-state index is 12.8. The molecule has 0 saturated heterocycles. The Morgan fingerprint density at radius 1 is 1.39 bits per heavy atom. The summed E-state index contributed by atoms with van der Waals surface area (Å²) in [6, 6.07) is 6.05. The summed E-state index contributed by atoms with van der Waals surface area (Å²) in [5, 5.41) is 8.65. The largest absolute Gasteiger partial charge is 0.481 e. The number of benzene rings is 1. The zero-order valence-corrected chi connectivity index (χ0v) is 9.93. The second-order valence-electron chi connectivity index (χ2n) is 4.03. The van der Waals surface area contributed by atoms with Gasteiger partial charge < -0.3 is 9.67 Å². The van der Waals surface area contributed by atoms with Crippen LogP contribution in [0, 0.1) is 5.82 Å². The van der Waals surface area contributed by atoms with E-state index in [2.05, 4.69) is 4.98 Å². The fourth-order valence-corrected chi connectivity index (χ4v) is 1.78. The average molecular weight is 248 g/mol. The van der Waals surface area contributed by atoms with Gasteiger partial charge in [0.05, 0.1) is 6.42 Å². The quantitative estimate of drug-likeness (QED) is 0.902. The maximum Gasteiger partial charge on any atom is 0.303 e. The third kappa shape index (κ3) is 2.56. The predicted octanol–water partition coefficient (Wildman–Crippen LogP) is 2.24. The molecule has 0 aliphatic carbocycles. The van der Waals surface area contributed by atoms with Crippen molar-refractivity contribution in [3.05, 3.63) is 42.0 Å². The third-order valence-corrected chi connectivity index (χ3v) is 2.78. The highest BCUT2D eigenvalue weighted by atomic mass is 19.1. The molecule has 1 aromatic carbocycles. The molecular formula is C13H13FN2O2. The summed E-state index contributed by atoms with van der Waals surface area (Å²) in [5.41, 5.74) is 1.65. The Morgan fingerprint density at radius 2 is 2.06 bits per heavy atom. The van der Waals surface area contributed by atoms with Crippen LogP contribution >= 0.6 is 0 Å². The van der Waals surface area contributed by atoms with Crippen LogP contribution in [-0.4, -0.2) is 20.6 Å². The number of rotatable bonds is 4. The number of carboxylic acid groups (broad SMARTS) is 1. The van der Waals surface area contributed by atoms with Gasteiger partial charge in [0, 0.05) is 24.5 Å². The van der Waals surface area contributed by atoms with Gasteiger partial charge >= 0.3 is 5.97 Å². The number of aliphatic carboxylic acids is 1. The van der Waals surface area contributed by atoms with Crippen LogP contribution in [0.25, 0.3) is 11.4 Å². The summed E-state index contributed by atoms with van der Waals surface area (Å²) in [7, 11) is 1.82. The number of aromatic nitrogens is 2. The topological polar surface area (TPSA) is 55.1 Å². The Morgan fingerprint density at radius 3 is 2.67 bits per heavy atom. The van der Waals surface area contributed by atoms with E-state index in [-0.39, 0.29) is 12.2 Å². The summed E-state index contributed by atoms with van der Waals surface area (Å²) >= 11 is 0. The normalized spacial score (nSPS) is 10.6. The molecular weight excluding hydrogens is 235 g/mol. The van der Waals surface area contributed by atoms with E-state index in [1.165, 1.54) is 12.1 Å². The number of carboxylic acids is 1. The molecule has 0 bridgehead atoms. The monoisotopic (exact) mass is 248 g/mol. The summed E-state index contributed by atoms with van der Waals surface area (Å²) in [5.74, 6) is -0.422.